The van der Waals surface area contributed by atoms with Crippen molar-refractivity contribution in [1.29, 1.82) is 0 Å². The molecule has 1 amide bonds. The highest BCUT2D eigenvalue weighted by Crippen LogP contribution is 2.33. The summed E-state index contributed by atoms with van der Waals surface area (Å²) in [4.78, 5) is 26.1. The topological polar surface area (TPSA) is 102 Å². The molecule has 0 radical (unpaired) electrons. The number of carbonyl (C=O) groups excluding carboxylic acids is 2. The summed E-state index contributed by atoms with van der Waals surface area (Å²) < 4.78 is 39.1. The van der Waals surface area contributed by atoms with Crippen LogP contribution in [0.1, 0.15) is 24.2 Å². The second kappa shape index (κ2) is 12.5. The van der Waals surface area contributed by atoms with E-state index in [1.807, 2.05) is 6.26 Å². The Morgan fingerprint density at radius 3 is 2.33 bits per heavy atom. The number of para-hydroxylation sites is 2. The molecule has 0 bridgehead atoms. The first kappa shape index (κ1) is 27.1. The molecule has 0 saturated carbocycles. The molecule has 0 atom stereocenters. The fraction of sp³-hybridized carbons (Fsp3) is 0.231. The van der Waals surface area contributed by atoms with Crippen LogP contribution >= 0.6 is 11.8 Å². The highest BCUT2D eigenvalue weighted by atomic mass is 32.2. The van der Waals surface area contributed by atoms with Crippen molar-refractivity contribution in [2.24, 2.45) is 0 Å². The summed E-state index contributed by atoms with van der Waals surface area (Å²) in [6, 6.07) is 19.4. The van der Waals surface area contributed by atoms with Crippen LogP contribution in [0.3, 0.4) is 0 Å². The van der Waals surface area contributed by atoms with Crippen molar-refractivity contribution in [3.63, 3.8) is 0 Å². The molecule has 36 heavy (non-hydrogen) atoms. The summed E-state index contributed by atoms with van der Waals surface area (Å²) in [5.74, 6) is -0.773. The number of esters is 1. The van der Waals surface area contributed by atoms with Crippen molar-refractivity contribution >= 4 is 45.0 Å². The summed E-state index contributed by atoms with van der Waals surface area (Å²) in [7, 11) is -4.13. The van der Waals surface area contributed by atoms with Crippen molar-refractivity contribution in [3.8, 4) is 5.75 Å². The molecule has 0 aliphatic carbocycles. The first-order chi connectivity index (χ1) is 17.3. The van der Waals surface area contributed by atoms with E-state index in [0.29, 0.717) is 18.0 Å². The standard InChI is InChI=1S/C26H28N2O6S2/c1-4-33-24-12-7-6-11-23(24)28(36(31,32)22-15-13-21(35-3)14-16-22)18-25(29)27-20-10-8-9-19(17-20)26(30)34-5-2/h6-17H,4-5,18H2,1-3H3,(H,27,29). The van der Waals surface area contributed by atoms with Crippen molar-refractivity contribution in [1.82, 2.24) is 0 Å². The third kappa shape index (κ3) is 6.58. The van der Waals surface area contributed by atoms with Gasteiger partial charge in [0.05, 0.1) is 29.4 Å². The van der Waals surface area contributed by atoms with Crippen molar-refractivity contribution in [3.05, 3.63) is 78.4 Å². The number of hydrogen-bond donors (Lipinski definition) is 1. The summed E-state index contributed by atoms with van der Waals surface area (Å²) in [5, 5.41) is 2.68. The number of anilines is 2. The molecule has 0 aliphatic heterocycles. The molecule has 0 aliphatic rings. The number of nitrogens with one attached hydrogen (secondary N) is 1. The van der Waals surface area contributed by atoms with E-state index in [2.05, 4.69) is 5.32 Å². The Labute approximate surface area is 215 Å². The van der Waals surface area contributed by atoms with Gasteiger partial charge in [0, 0.05) is 10.6 Å². The molecule has 0 saturated heterocycles. The maximum atomic E-state index is 13.7. The van der Waals surface area contributed by atoms with Gasteiger partial charge in [-0.3, -0.25) is 9.10 Å². The van der Waals surface area contributed by atoms with Crippen LogP contribution in [0.4, 0.5) is 11.4 Å². The Hall–Kier alpha value is -3.50. The second-order valence-electron chi connectivity index (χ2n) is 7.44. The average Bonchev–Trinajstić information content (AvgIpc) is 2.88. The van der Waals surface area contributed by atoms with Crippen LogP contribution in [0.15, 0.2) is 82.6 Å². The van der Waals surface area contributed by atoms with E-state index >= 15 is 0 Å². The number of sulfonamides is 1. The lowest BCUT2D eigenvalue weighted by Crippen LogP contribution is -2.38. The van der Waals surface area contributed by atoms with Crippen LogP contribution in [0.5, 0.6) is 5.75 Å². The summed E-state index contributed by atoms with van der Waals surface area (Å²) in [6.45, 7) is 3.52. The number of benzene rings is 3. The van der Waals surface area contributed by atoms with Crippen molar-refractivity contribution in [2.75, 3.05) is 35.6 Å². The molecule has 8 nitrogen and oxygen atoms in total. The van der Waals surface area contributed by atoms with E-state index < -0.39 is 28.4 Å². The zero-order valence-corrected chi connectivity index (χ0v) is 21.9. The zero-order chi connectivity index (χ0) is 26.1. The van der Waals surface area contributed by atoms with Crippen LogP contribution in [0.2, 0.25) is 0 Å². The molecule has 0 unspecified atom stereocenters. The van der Waals surface area contributed by atoms with E-state index in [1.165, 1.54) is 30.0 Å². The minimum absolute atomic E-state index is 0.0451. The van der Waals surface area contributed by atoms with Gasteiger partial charge >= 0.3 is 5.97 Å². The van der Waals surface area contributed by atoms with Crippen LogP contribution in [-0.2, 0) is 19.6 Å². The molecular formula is C26H28N2O6S2. The van der Waals surface area contributed by atoms with E-state index in [4.69, 9.17) is 9.47 Å². The molecule has 3 aromatic carbocycles. The number of thioether (sulfide) groups is 1. The molecule has 1 N–H and O–H groups in total. The lowest BCUT2D eigenvalue weighted by atomic mass is 10.2. The van der Waals surface area contributed by atoms with Gasteiger partial charge in [0.2, 0.25) is 5.91 Å². The Kier molecular flexibility index (Phi) is 9.38. The Morgan fingerprint density at radius 1 is 0.944 bits per heavy atom. The average molecular weight is 529 g/mol. The van der Waals surface area contributed by atoms with Crippen LogP contribution in [0.25, 0.3) is 0 Å². The first-order valence-electron chi connectivity index (χ1n) is 11.3. The highest BCUT2D eigenvalue weighted by Gasteiger charge is 2.29. The smallest absolute Gasteiger partial charge is 0.338 e. The Bertz CT molecular complexity index is 1310. The van der Waals surface area contributed by atoms with Crippen LogP contribution in [0, 0.1) is 0 Å². The molecule has 0 heterocycles. The molecule has 190 valence electrons. The van der Waals surface area contributed by atoms with E-state index in [-0.39, 0.29) is 22.8 Å². The van der Waals surface area contributed by atoms with E-state index in [1.54, 1.807) is 68.4 Å². The first-order valence-corrected chi connectivity index (χ1v) is 13.9. The third-order valence-electron chi connectivity index (χ3n) is 5.03. The Morgan fingerprint density at radius 2 is 1.67 bits per heavy atom. The minimum atomic E-state index is -4.13. The predicted octanol–water partition coefficient (Wildman–Crippen LogP) is 4.82. The van der Waals surface area contributed by atoms with Gasteiger partial charge in [0.1, 0.15) is 12.3 Å². The van der Waals surface area contributed by atoms with Gasteiger partial charge in [0.25, 0.3) is 10.0 Å². The van der Waals surface area contributed by atoms with Crippen molar-refractivity contribution < 1.29 is 27.5 Å². The van der Waals surface area contributed by atoms with E-state index in [9.17, 15) is 18.0 Å². The maximum absolute atomic E-state index is 13.7. The molecule has 3 aromatic rings. The van der Waals surface area contributed by atoms with Gasteiger partial charge in [0.15, 0.2) is 0 Å². The lowest BCUT2D eigenvalue weighted by Gasteiger charge is -2.26. The number of hydrogen-bond acceptors (Lipinski definition) is 7. The summed E-state index contributed by atoms with van der Waals surface area (Å²) in [5.41, 5.74) is 0.851. The SMILES string of the molecule is CCOC(=O)c1cccc(NC(=O)CN(c2ccccc2OCC)S(=O)(=O)c2ccc(SC)cc2)c1. The maximum Gasteiger partial charge on any atom is 0.338 e. The normalized spacial score (nSPS) is 11.0. The summed E-state index contributed by atoms with van der Waals surface area (Å²) >= 11 is 1.49. The highest BCUT2D eigenvalue weighted by molar-refractivity contribution is 7.98. The van der Waals surface area contributed by atoms with Gasteiger partial charge in [-0.1, -0.05) is 18.2 Å². The minimum Gasteiger partial charge on any atom is -0.492 e. The quantitative estimate of drug-likeness (QED) is 0.281. The van der Waals surface area contributed by atoms with Gasteiger partial charge in [-0.2, -0.15) is 0 Å². The largest absolute Gasteiger partial charge is 0.492 e. The number of carbonyl (C=O) groups is 2. The van der Waals surface area contributed by atoms with Gasteiger partial charge in [-0.15, -0.1) is 11.8 Å². The molecule has 10 heteroatoms. The monoisotopic (exact) mass is 528 g/mol. The van der Waals surface area contributed by atoms with Gasteiger partial charge in [-0.05, 0) is 74.7 Å². The number of rotatable bonds is 11. The lowest BCUT2D eigenvalue weighted by molar-refractivity contribution is -0.114. The molecule has 0 fully saturated rings. The second-order valence-corrected chi connectivity index (χ2v) is 10.2. The number of nitrogens with zero attached hydrogens (tertiary/aromatic N) is 1. The van der Waals surface area contributed by atoms with Gasteiger partial charge < -0.3 is 14.8 Å². The van der Waals surface area contributed by atoms with Crippen LogP contribution < -0.4 is 14.4 Å². The predicted molar refractivity (Wildman–Crippen MR) is 141 cm³/mol. The van der Waals surface area contributed by atoms with Crippen LogP contribution in [-0.4, -0.2) is 46.3 Å². The Balaban J connectivity index is 1.95. The molecular weight excluding hydrogens is 500 g/mol. The molecule has 0 aromatic heterocycles. The third-order valence-corrected chi connectivity index (χ3v) is 7.54. The number of amides is 1. The van der Waals surface area contributed by atoms with E-state index in [0.717, 1.165) is 9.20 Å². The summed E-state index contributed by atoms with van der Waals surface area (Å²) in [6.07, 6.45) is 1.90. The van der Waals surface area contributed by atoms with Crippen molar-refractivity contribution in [2.45, 2.75) is 23.6 Å². The van der Waals surface area contributed by atoms with Gasteiger partial charge in [-0.25, -0.2) is 13.2 Å². The molecule has 0 spiro atoms. The molecule has 3 rings (SSSR count). The fourth-order valence-corrected chi connectivity index (χ4v) is 5.22. The number of ether oxygens (including phenoxy) is 2. The zero-order valence-electron chi connectivity index (χ0n) is 20.3. The fourth-order valence-electron chi connectivity index (χ4n) is 3.38.